The molecule has 2 aromatic carbocycles. The summed E-state index contributed by atoms with van der Waals surface area (Å²) < 4.78 is 12.1. The van der Waals surface area contributed by atoms with Crippen LogP contribution in [0.4, 0.5) is 5.69 Å². The SMILES string of the molecule is COc1cccc(OCC(=O)Nc2ccc(-c3nnnn3C)cc2)c1. The summed E-state index contributed by atoms with van der Waals surface area (Å²) in [7, 11) is 3.34. The molecule has 0 saturated heterocycles. The molecule has 0 fully saturated rings. The van der Waals surface area contributed by atoms with Crippen LogP contribution in [-0.2, 0) is 11.8 Å². The molecule has 0 saturated carbocycles. The van der Waals surface area contributed by atoms with Gasteiger partial charge in [-0.2, -0.15) is 0 Å². The maximum atomic E-state index is 12.0. The van der Waals surface area contributed by atoms with E-state index >= 15 is 0 Å². The molecule has 8 heteroatoms. The van der Waals surface area contributed by atoms with Gasteiger partial charge in [-0.3, -0.25) is 4.79 Å². The fraction of sp³-hybridized carbons (Fsp3) is 0.176. The normalized spacial score (nSPS) is 10.3. The second kappa shape index (κ2) is 7.43. The Kier molecular flexibility index (Phi) is 4.89. The Bertz CT molecular complexity index is 861. The predicted molar refractivity (Wildman–Crippen MR) is 91.4 cm³/mol. The van der Waals surface area contributed by atoms with Crippen molar-refractivity contribution in [2.45, 2.75) is 0 Å². The lowest BCUT2D eigenvalue weighted by molar-refractivity contribution is -0.118. The van der Waals surface area contributed by atoms with E-state index in [0.29, 0.717) is 23.0 Å². The van der Waals surface area contributed by atoms with Crippen LogP contribution < -0.4 is 14.8 Å². The third-order valence-corrected chi connectivity index (χ3v) is 3.46. The van der Waals surface area contributed by atoms with Crippen molar-refractivity contribution in [3.05, 3.63) is 48.5 Å². The maximum absolute atomic E-state index is 12.0. The molecular formula is C17H17N5O3. The summed E-state index contributed by atoms with van der Waals surface area (Å²) in [6.07, 6.45) is 0. The smallest absolute Gasteiger partial charge is 0.262 e. The minimum absolute atomic E-state index is 0.0951. The summed E-state index contributed by atoms with van der Waals surface area (Å²) in [5.41, 5.74) is 1.52. The summed E-state index contributed by atoms with van der Waals surface area (Å²) in [4.78, 5) is 12.0. The van der Waals surface area contributed by atoms with Gasteiger partial charge in [0.25, 0.3) is 5.91 Å². The van der Waals surface area contributed by atoms with Crippen LogP contribution in [0.1, 0.15) is 0 Å². The number of carbonyl (C=O) groups is 1. The molecule has 1 heterocycles. The highest BCUT2D eigenvalue weighted by Gasteiger charge is 2.07. The van der Waals surface area contributed by atoms with Crippen LogP contribution in [0.2, 0.25) is 0 Å². The van der Waals surface area contributed by atoms with E-state index in [1.54, 1.807) is 55.2 Å². The number of methoxy groups -OCH3 is 1. The van der Waals surface area contributed by atoms with Gasteiger partial charge in [0.2, 0.25) is 0 Å². The molecule has 0 bridgehead atoms. The molecular weight excluding hydrogens is 322 g/mol. The molecule has 0 atom stereocenters. The van der Waals surface area contributed by atoms with Crippen molar-refractivity contribution in [1.29, 1.82) is 0 Å². The van der Waals surface area contributed by atoms with E-state index in [4.69, 9.17) is 9.47 Å². The molecule has 8 nitrogen and oxygen atoms in total. The summed E-state index contributed by atoms with van der Waals surface area (Å²) in [6, 6.07) is 14.3. The van der Waals surface area contributed by atoms with Gasteiger partial charge in [-0.05, 0) is 46.8 Å². The standard InChI is InChI=1S/C17H17N5O3/c1-22-17(19-20-21-22)12-6-8-13(9-7-12)18-16(23)11-25-15-5-3-4-14(10-15)24-2/h3-10H,11H2,1-2H3,(H,18,23). The Labute approximate surface area is 144 Å². The highest BCUT2D eigenvalue weighted by atomic mass is 16.5. The topological polar surface area (TPSA) is 91.2 Å². The molecule has 3 aromatic rings. The first-order valence-corrected chi connectivity index (χ1v) is 7.55. The number of ether oxygens (including phenoxy) is 2. The molecule has 0 aliphatic rings. The number of hydrogen-bond acceptors (Lipinski definition) is 6. The summed E-state index contributed by atoms with van der Waals surface area (Å²) >= 11 is 0. The quantitative estimate of drug-likeness (QED) is 0.737. The first-order chi connectivity index (χ1) is 12.2. The molecule has 0 aliphatic carbocycles. The number of tetrazole rings is 1. The van der Waals surface area contributed by atoms with Crippen LogP contribution in [0.5, 0.6) is 11.5 Å². The zero-order valence-electron chi connectivity index (χ0n) is 13.8. The van der Waals surface area contributed by atoms with Gasteiger partial charge in [0, 0.05) is 24.4 Å². The van der Waals surface area contributed by atoms with Crippen molar-refractivity contribution in [3.63, 3.8) is 0 Å². The van der Waals surface area contributed by atoms with Gasteiger partial charge in [0.15, 0.2) is 12.4 Å². The van der Waals surface area contributed by atoms with Crippen LogP contribution in [0.25, 0.3) is 11.4 Å². The Morgan fingerprint density at radius 1 is 1.16 bits per heavy atom. The highest BCUT2D eigenvalue weighted by Crippen LogP contribution is 2.20. The average Bonchev–Trinajstić information content (AvgIpc) is 3.07. The average molecular weight is 339 g/mol. The number of aromatic nitrogens is 4. The lowest BCUT2D eigenvalue weighted by Gasteiger charge is -2.09. The lowest BCUT2D eigenvalue weighted by Crippen LogP contribution is -2.20. The van der Waals surface area contributed by atoms with Gasteiger partial charge < -0.3 is 14.8 Å². The summed E-state index contributed by atoms with van der Waals surface area (Å²) in [6.45, 7) is -0.0951. The lowest BCUT2D eigenvalue weighted by atomic mass is 10.2. The molecule has 0 radical (unpaired) electrons. The van der Waals surface area contributed by atoms with Crippen LogP contribution in [0.3, 0.4) is 0 Å². The Morgan fingerprint density at radius 2 is 1.92 bits per heavy atom. The summed E-state index contributed by atoms with van der Waals surface area (Å²) in [5, 5.41) is 14.1. The summed E-state index contributed by atoms with van der Waals surface area (Å²) in [5.74, 6) is 1.64. The number of rotatable bonds is 6. The monoisotopic (exact) mass is 339 g/mol. The number of aryl methyl sites for hydroxylation is 1. The van der Waals surface area contributed by atoms with Crippen LogP contribution in [0.15, 0.2) is 48.5 Å². The highest BCUT2D eigenvalue weighted by molar-refractivity contribution is 5.92. The number of carbonyl (C=O) groups excluding carboxylic acids is 1. The minimum Gasteiger partial charge on any atom is -0.497 e. The molecule has 1 aromatic heterocycles. The second-order valence-corrected chi connectivity index (χ2v) is 5.22. The van der Waals surface area contributed by atoms with E-state index < -0.39 is 0 Å². The minimum atomic E-state index is -0.254. The van der Waals surface area contributed by atoms with E-state index in [-0.39, 0.29) is 12.5 Å². The molecule has 0 unspecified atom stereocenters. The van der Waals surface area contributed by atoms with Crippen LogP contribution in [-0.4, -0.2) is 39.8 Å². The Hall–Kier alpha value is -3.42. The number of benzene rings is 2. The Balaban J connectivity index is 1.56. The van der Waals surface area contributed by atoms with E-state index in [1.165, 1.54) is 0 Å². The zero-order valence-corrected chi connectivity index (χ0v) is 13.8. The van der Waals surface area contributed by atoms with Gasteiger partial charge in [0.1, 0.15) is 11.5 Å². The number of anilines is 1. The fourth-order valence-electron chi connectivity index (χ4n) is 2.21. The third-order valence-electron chi connectivity index (χ3n) is 3.46. The molecule has 1 N–H and O–H groups in total. The van der Waals surface area contributed by atoms with Crippen molar-refractivity contribution in [1.82, 2.24) is 20.2 Å². The van der Waals surface area contributed by atoms with Gasteiger partial charge in [-0.15, -0.1) is 5.10 Å². The Morgan fingerprint density at radius 3 is 2.60 bits per heavy atom. The van der Waals surface area contributed by atoms with Crippen molar-refractivity contribution in [3.8, 4) is 22.9 Å². The third kappa shape index (κ3) is 4.11. The van der Waals surface area contributed by atoms with E-state index in [9.17, 15) is 4.79 Å². The van der Waals surface area contributed by atoms with Crippen molar-refractivity contribution in [2.24, 2.45) is 7.05 Å². The van der Waals surface area contributed by atoms with Crippen LogP contribution in [0, 0.1) is 0 Å². The van der Waals surface area contributed by atoms with E-state index in [1.807, 2.05) is 12.1 Å². The molecule has 0 spiro atoms. The number of nitrogens with one attached hydrogen (secondary N) is 1. The molecule has 1 amide bonds. The molecule has 3 rings (SSSR count). The number of nitrogens with zero attached hydrogens (tertiary/aromatic N) is 4. The van der Waals surface area contributed by atoms with Gasteiger partial charge in [-0.25, -0.2) is 4.68 Å². The first kappa shape index (κ1) is 16.4. The van der Waals surface area contributed by atoms with E-state index in [0.717, 1.165) is 5.56 Å². The second-order valence-electron chi connectivity index (χ2n) is 5.22. The predicted octanol–water partition coefficient (Wildman–Crippen LogP) is 1.90. The van der Waals surface area contributed by atoms with Crippen molar-refractivity contribution >= 4 is 11.6 Å². The van der Waals surface area contributed by atoms with Crippen LogP contribution >= 0.6 is 0 Å². The first-order valence-electron chi connectivity index (χ1n) is 7.55. The zero-order chi connectivity index (χ0) is 17.6. The van der Waals surface area contributed by atoms with Gasteiger partial charge >= 0.3 is 0 Å². The number of hydrogen-bond donors (Lipinski definition) is 1. The number of amides is 1. The van der Waals surface area contributed by atoms with Crippen molar-refractivity contribution < 1.29 is 14.3 Å². The van der Waals surface area contributed by atoms with E-state index in [2.05, 4.69) is 20.8 Å². The van der Waals surface area contributed by atoms with Gasteiger partial charge in [-0.1, -0.05) is 6.07 Å². The largest absolute Gasteiger partial charge is 0.497 e. The molecule has 25 heavy (non-hydrogen) atoms. The maximum Gasteiger partial charge on any atom is 0.262 e. The van der Waals surface area contributed by atoms with Gasteiger partial charge in [0.05, 0.1) is 7.11 Å². The van der Waals surface area contributed by atoms with Crippen molar-refractivity contribution in [2.75, 3.05) is 19.0 Å². The molecule has 128 valence electrons. The molecule has 0 aliphatic heterocycles. The fourth-order valence-corrected chi connectivity index (χ4v) is 2.21.